The number of carboxylic acid groups (broad SMARTS) is 1. The molecule has 0 amide bonds. The van der Waals surface area contributed by atoms with Gasteiger partial charge in [-0.2, -0.15) is 0 Å². The summed E-state index contributed by atoms with van der Waals surface area (Å²) < 4.78 is 0. The van der Waals surface area contributed by atoms with E-state index < -0.39 is 5.97 Å². The number of carboxylic acids is 1. The summed E-state index contributed by atoms with van der Waals surface area (Å²) in [6.07, 6.45) is 9.05. The molecule has 0 fully saturated rings. The fraction of sp³-hybridized carbons (Fsp3) is 0.923. The van der Waals surface area contributed by atoms with Crippen molar-refractivity contribution in [3.05, 3.63) is 0 Å². The predicted molar refractivity (Wildman–Crippen MR) is 69.7 cm³/mol. The standard InChI is InChI=1S/C7H16.C4H10O.C2H4O2/c1-3-5-7-6-4-2;1-2-3-4-5;1-2(3)4/h3-7H2,1-2H3;5H,2-4H2,1H3;1H3,(H,3,4). The minimum atomic E-state index is -0.833. The molecule has 0 aromatic rings. The number of aliphatic hydroxyl groups excluding tert-OH is 1. The maximum Gasteiger partial charge on any atom is 0.300 e. The molecule has 0 heterocycles. The van der Waals surface area contributed by atoms with Crippen LogP contribution in [0.1, 0.15) is 72.6 Å². The van der Waals surface area contributed by atoms with Gasteiger partial charge < -0.3 is 10.2 Å². The predicted octanol–water partition coefficient (Wildman–Crippen LogP) is 3.85. The Morgan fingerprint density at radius 1 is 0.875 bits per heavy atom. The molecule has 0 spiro atoms. The van der Waals surface area contributed by atoms with E-state index >= 15 is 0 Å². The Labute approximate surface area is 101 Å². The van der Waals surface area contributed by atoms with Gasteiger partial charge in [-0.3, -0.25) is 4.79 Å². The number of unbranched alkanes of at least 4 members (excludes halogenated alkanes) is 5. The molecule has 2 N–H and O–H groups in total. The Kier molecular flexibility index (Phi) is 31.1. The van der Waals surface area contributed by atoms with E-state index in [1.54, 1.807) is 0 Å². The normalized spacial score (nSPS) is 8.31. The van der Waals surface area contributed by atoms with E-state index in [4.69, 9.17) is 15.0 Å². The second-order valence-electron chi connectivity index (χ2n) is 3.66. The highest BCUT2D eigenvalue weighted by atomic mass is 16.4. The minimum Gasteiger partial charge on any atom is -0.481 e. The summed E-state index contributed by atoms with van der Waals surface area (Å²) in [5, 5.41) is 15.5. The molecule has 3 heteroatoms. The maximum absolute atomic E-state index is 9.00. The van der Waals surface area contributed by atoms with Crippen molar-refractivity contribution in [2.24, 2.45) is 0 Å². The second kappa shape index (κ2) is 23.9. The van der Waals surface area contributed by atoms with Gasteiger partial charge in [0.25, 0.3) is 5.97 Å². The van der Waals surface area contributed by atoms with Crippen LogP contribution in [0.15, 0.2) is 0 Å². The SMILES string of the molecule is CC(=O)O.CCCCCCC.CCCCO. The van der Waals surface area contributed by atoms with Crippen LogP contribution in [0.3, 0.4) is 0 Å². The van der Waals surface area contributed by atoms with Gasteiger partial charge in [0.05, 0.1) is 0 Å². The van der Waals surface area contributed by atoms with Gasteiger partial charge in [0.1, 0.15) is 0 Å². The zero-order valence-corrected chi connectivity index (χ0v) is 11.5. The largest absolute Gasteiger partial charge is 0.481 e. The molecular formula is C13H30O3. The minimum absolute atomic E-state index is 0.344. The number of hydrogen-bond donors (Lipinski definition) is 2. The highest BCUT2D eigenvalue weighted by Crippen LogP contribution is 2.00. The average molecular weight is 234 g/mol. The van der Waals surface area contributed by atoms with Crippen molar-refractivity contribution in [2.45, 2.75) is 72.6 Å². The topological polar surface area (TPSA) is 57.5 Å². The highest BCUT2D eigenvalue weighted by molar-refractivity contribution is 5.62. The van der Waals surface area contributed by atoms with Gasteiger partial charge in [-0.1, -0.05) is 59.3 Å². The number of hydrogen-bond acceptors (Lipinski definition) is 2. The molecule has 16 heavy (non-hydrogen) atoms. The van der Waals surface area contributed by atoms with E-state index in [-0.39, 0.29) is 0 Å². The molecule has 0 unspecified atom stereocenters. The number of carbonyl (C=O) groups is 1. The lowest BCUT2D eigenvalue weighted by molar-refractivity contribution is -0.134. The van der Waals surface area contributed by atoms with Crippen molar-refractivity contribution in [2.75, 3.05) is 6.61 Å². The van der Waals surface area contributed by atoms with Crippen LogP contribution in [0.25, 0.3) is 0 Å². The molecule has 0 aromatic heterocycles. The van der Waals surface area contributed by atoms with Crippen LogP contribution < -0.4 is 0 Å². The second-order valence-corrected chi connectivity index (χ2v) is 3.66. The van der Waals surface area contributed by atoms with Crippen molar-refractivity contribution >= 4 is 5.97 Å². The van der Waals surface area contributed by atoms with Crippen molar-refractivity contribution < 1.29 is 15.0 Å². The number of aliphatic carboxylic acids is 1. The lowest BCUT2D eigenvalue weighted by atomic mass is 10.2. The molecule has 0 aliphatic heterocycles. The lowest BCUT2D eigenvalue weighted by Crippen LogP contribution is -1.78. The van der Waals surface area contributed by atoms with Crippen LogP contribution in [0.2, 0.25) is 0 Å². The molecule has 0 rings (SSSR count). The summed E-state index contributed by atoms with van der Waals surface area (Å²) in [5.74, 6) is -0.833. The molecule has 0 saturated carbocycles. The van der Waals surface area contributed by atoms with Gasteiger partial charge in [-0.15, -0.1) is 0 Å². The molecule has 0 saturated heterocycles. The molecule has 3 nitrogen and oxygen atoms in total. The Morgan fingerprint density at radius 2 is 1.19 bits per heavy atom. The van der Waals surface area contributed by atoms with Crippen LogP contribution in [-0.4, -0.2) is 22.8 Å². The fourth-order valence-corrected chi connectivity index (χ4v) is 0.835. The van der Waals surface area contributed by atoms with Gasteiger partial charge in [-0.25, -0.2) is 0 Å². The van der Waals surface area contributed by atoms with Crippen LogP contribution in [0.4, 0.5) is 0 Å². The van der Waals surface area contributed by atoms with Gasteiger partial charge in [0, 0.05) is 13.5 Å². The summed E-state index contributed by atoms with van der Waals surface area (Å²) in [6, 6.07) is 0. The summed E-state index contributed by atoms with van der Waals surface area (Å²) in [7, 11) is 0. The van der Waals surface area contributed by atoms with Gasteiger partial charge in [0.15, 0.2) is 0 Å². The average Bonchev–Trinajstić information content (AvgIpc) is 2.20. The molecule has 0 atom stereocenters. The van der Waals surface area contributed by atoms with Crippen molar-refractivity contribution in [1.82, 2.24) is 0 Å². The molecular weight excluding hydrogens is 204 g/mol. The van der Waals surface area contributed by atoms with Crippen LogP contribution in [-0.2, 0) is 4.79 Å². The van der Waals surface area contributed by atoms with Crippen molar-refractivity contribution in [1.29, 1.82) is 0 Å². The third-order valence-corrected chi connectivity index (χ3v) is 1.72. The monoisotopic (exact) mass is 234 g/mol. The van der Waals surface area contributed by atoms with Gasteiger partial charge >= 0.3 is 0 Å². The first kappa shape index (κ1) is 20.8. The number of rotatable bonds is 6. The zero-order valence-electron chi connectivity index (χ0n) is 11.5. The summed E-state index contributed by atoms with van der Waals surface area (Å²) in [5.41, 5.74) is 0. The van der Waals surface area contributed by atoms with E-state index in [9.17, 15) is 0 Å². The third-order valence-electron chi connectivity index (χ3n) is 1.72. The molecule has 0 aliphatic carbocycles. The van der Waals surface area contributed by atoms with E-state index in [1.165, 1.54) is 32.1 Å². The van der Waals surface area contributed by atoms with Crippen molar-refractivity contribution in [3.63, 3.8) is 0 Å². The van der Waals surface area contributed by atoms with E-state index in [0.29, 0.717) is 6.61 Å². The summed E-state index contributed by atoms with van der Waals surface area (Å²) in [6.45, 7) is 7.97. The Hall–Kier alpha value is -0.570. The molecule has 0 aromatic carbocycles. The van der Waals surface area contributed by atoms with E-state index in [1.807, 2.05) is 0 Å². The first-order valence-electron chi connectivity index (χ1n) is 6.37. The zero-order chi connectivity index (χ0) is 13.2. The van der Waals surface area contributed by atoms with E-state index in [2.05, 4.69) is 20.8 Å². The Morgan fingerprint density at radius 3 is 1.31 bits per heavy atom. The first-order valence-corrected chi connectivity index (χ1v) is 6.37. The maximum atomic E-state index is 9.00. The lowest BCUT2D eigenvalue weighted by Gasteiger charge is -1.90. The quantitative estimate of drug-likeness (QED) is 0.686. The highest BCUT2D eigenvalue weighted by Gasteiger charge is 1.80. The number of aliphatic hydroxyl groups is 1. The Bertz CT molecular complexity index is 104. The summed E-state index contributed by atoms with van der Waals surface area (Å²) >= 11 is 0. The molecule has 0 radical (unpaired) electrons. The first-order chi connectivity index (χ1) is 7.56. The summed E-state index contributed by atoms with van der Waals surface area (Å²) in [4.78, 5) is 9.00. The van der Waals surface area contributed by atoms with Crippen molar-refractivity contribution in [3.8, 4) is 0 Å². The van der Waals surface area contributed by atoms with Crippen LogP contribution >= 0.6 is 0 Å². The van der Waals surface area contributed by atoms with Gasteiger partial charge in [-0.05, 0) is 6.42 Å². The van der Waals surface area contributed by atoms with Crippen LogP contribution in [0, 0.1) is 0 Å². The molecule has 0 aliphatic rings. The Balaban J connectivity index is -0.000000166. The molecule has 0 bridgehead atoms. The van der Waals surface area contributed by atoms with E-state index in [0.717, 1.165) is 19.8 Å². The van der Waals surface area contributed by atoms with Crippen LogP contribution in [0.5, 0.6) is 0 Å². The fourth-order valence-electron chi connectivity index (χ4n) is 0.835. The molecule has 100 valence electrons. The smallest absolute Gasteiger partial charge is 0.300 e. The third kappa shape index (κ3) is 70.4. The van der Waals surface area contributed by atoms with Gasteiger partial charge in [0.2, 0.25) is 0 Å².